The third-order valence-electron chi connectivity index (χ3n) is 4.69. The van der Waals surface area contributed by atoms with Crippen LogP contribution in [-0.2, 0) is 4.74 Å². The van der Waals surface area contributed by atoms with E-state index in [1.165, 1.54) is 25.7 Å². The van der Waals surface area contributed by atoms with Gasteiger partial charge in [-0.25, -0.2) is 0 Å². The lowest BCUT2D eigenvalue weighted by Gasteiger charge is -2.34. The summed E-state index contributed by atoms with van der Waals surface area (Å²) in [5.41, 5.74) is 0.898. The molecule has 0 amide bonds. The number of rotatable bonds is 2. The van der Waals surface area contributed by atoms with Crippen LogP contribution < -0.4 is 0 Å². The van der Waals surface area contributed by atoms with Gasteiger partial charge in [0.2, 0.25) is 0 Å². The molecule has 2 aliphatic carbocycles. The molecule has 2 rings (SSSR count). The van der Waals surface area contributed by atoms with E-state index in [1.807, 2.05) is 0 Å². The molecule has 2 bridgehead atoms. The normalized spacial score (nSPS) is 42.2. The van der Waals surface area contributed by atoms with Crippen molar-refractivity contribution in [1.29, 1.82) is 0 Å². The van der Waals surface area contributed by atoms with Crippen molar-refractivity contribution >= 4 is 0 Å². The van der Waals surface area contributed by atoms with Crippen LogP contribution in [0.5, 0.6) is 0 Å². The van der Waals surface area contributed by atoms with Gasteiger partial charge in [-0.2, -0.15) is 0 Å². The zero-order chi connectivity index (χ0) is 11.3. The highest BCUT2D eigenvalue weighted by Gasteiger charge is 2.48. The predicted molar refractivity (Wildman–Crippen MR) is 63.9 cm³/mol. The van der Waals surface area contributed by atoms with Crippen molar-refractivity contribution in [2.45, 2.75) is 72.5 Å². The van der Waals surface area contributed by atoms with E-state index in [2.05, 4.69) is 34.6 Å². The number of ether oxygens (including phenoxy) is 1. The van der Waals surface area contributed by atoms with Gasteiger partial charge in [0.05, 0.1) is 12.2 Å². The first-order valence-corrected chi connectivity index (χ1v) is 6.46. The Morgan fingerprint density at radius 2 is 1.93 bits per heavy atom. The molecule has 0 aromatic heterocycles. The largest absolute Gasteiger partial charge is 0.374 e. The lowest BCUT2D eigenvalue weighted by atomic mass is 9.85. The Balaban J connectivity index is 1.93. The van der Waals surface area contributed by atoms with Crippen molar-refractivity contribution in [3.8, 4) is 0 Å². The first-order valence-electron chi connectivity index (χ1n) is 6.46. The summed E-state index contributed by atoms with van der Waals surface area (Å²) in [6.45, 7) is 11.5. The van der Waals surface area contributed by atoms with E-state index in [-0.39, 0.29) is 5.41 Å². The van der Waals surface area contributed by atoms with Crippen molar-refractivity contribution in [2.75, 3.05) is 0 Å². The SMILES string of the molecule is CC(OC1CC2(C)CCC1C2)C(C)(C)C. The molecule has 4 atom stereocenters. The maximum absolute atomic E-state index is 6.27. The third kappa shape index (κ3) is 2.22. The molecule has 2 saturated carbocycles. The fourth-order valence-corrected chi connectivity index (χ4v) is 3.15. The van der Waals surface area contributed by atoms with Gasteiger partial charge in [-0.05, 0) is 49.4 Å². The molecule has 15 heavy (non-hydrogen) atoms. The van der Waals surface area contributed by atoms with E-state index in [9.17, 15) is 0 Å². The minimum atomic E-state index is 0.280. The minimum Gasteiger partial charge on any atom is -0.374 e. The van der Waals surface area contributed by atoms with Crippen molar-refractivity contribution in [2.24, 2.45) is 16.7 Å². The molecule has 0 aromatic rings. The van der Waals surface area contributed by atoms with Crippen LogP contribution in [0.4, 0.5) is 0 Å². The topological polar surface area (TPSA) is 9.23 Å². The molecule has 1 heteroatoms. The molecule has 2 fully saturated rings. The second-order valence-electron chi connectivity index (χ2n) is 7.20. The maximum Gasteiger partial charge on any atom is 0.0612 e. The monoisotopic (exact) mass is 210 g/mol. The van der Waals surface area contributed by atoms with Gasteiger partial charge in [0.1, 0.15) is 0 Å². The van der Waals surface area contributed by atoms with Crippen LogP contribution in [0.3, 0.4) is 0 Å². The number of hydrogen-bond donors (Lipinski definition) is 0. The molecule has 0 radical (unpaired) electrons. The van der Waals surface area contributed by atoms with Crippen molar-refractivity contribution in [3.05, 3.63) is 0 Å². The van der Waals surface area contributed by atoms with Crippen molar-refractivity contribution < 1.29 is 4.74 Å². The summed E-state index contributed by atoms with van der Waals surface area (Å²) in [7, 11) is 0. The molecule has 0 N–H and O–H groups in total. The van der Waals surface area contributed by atoms with Crippen LogP contribution in [0.1, 0.15) is 60.3 Å². The van der Waals surface area contributed by atoms with Gasteiger partial charge < -0.3 is 4.74 Å². The highest BCUT2D eigenvalue weighted by molar-refractivity contribution is 4.99. The Labute approximate surface area is 94.6 Å². The van der Waals surface area contributed by atoms with Gasteiger partial charge in [-0.1, -0.05) is 27.7 Å². The summed E-state index contributed by atoms with van der Waals surface area (Å²) in [5, 5.41) is 0. The van der Waals surface area contributed by atoms with Crippen LogP contribution in [0.15, 0.2) is 0 Å². The summed E-state index contributed by atoms with van der Waals surface area (Å²) >= 11 is 0. The molecule has 2 aliphatic rings. The summed E-state index contributed by atoms with van der Waals surface area (Å²) < 4.78 is 6.27. The fraction of sp³-hybridized carbons (Fsp3) is 1.00. The Morgan fingerprint density at radius 1 is 1.27 bits per heavy atom. The lowest BCUT2D eigenvalue weighted by molar-refractivity contribution is -0.0795. The average molecular weight is 210 g/mol. The summed E-state index contributed by atoms with van der Waals surface area (Å²) in [6.07, 6.45) is 6.48. The second kappa shape index (κ2) is 3.48. The molecule has 88 valence electrons. The Morgan fingerprint density at radius 3 is 2.33 bits per heavy atom. The van der Waals surface area contributed by atoms with Crippen LogP contribution >= 0.6 is 0 Å². The molecular weight excluding hydrogens is 184 g/mol. The predicted octanol–water partition coefficient (Wildman–Crippen LogP) is 4.02. The quantitative estimate of drug-likeness (QED) is 0.669. The first-order chi connectivity index (χ1) is 6.80. The van der Waals surface area contributed by atoms with Crippen molar-refractivity contribution in [3.63, 3.8) is 0 Å². The highest BCUT2D eigenvalue weighted by Crippen LogP contribution is 2.55. The van der Waals surface area contributed by atoms with Gasteiger partial charge in [0.25, 0.3) is 0 Å². The molecule has 0 saturated heterocycles. The van der Waals surface area contributed by atoms with Crippen LogP contribution in [0.2, 0.25) is 0 Å². The maximum atomic E-state index is 6.27. The molecule has 1 nitrogen and oxygen atoms in total. The number of hydrogen-bond acceptors (Lipinski definition) is 1. The lowest BCUT2D eigenvalue weighted by Crippen LogP contribution is -2.33. The zero-order valence-electron chi connectivity index (χ0n) is 11.0. The molecule has 4 unspecified atom stereocenters. The Hall–Kier alpha value is -0.0400. The van der Waals surface area contributed by atoms with E-state index in [4.69, 9.17) is 4.74 Å². The zero-order valence-corrected chi connectivity index (χ0v) is 11.0. The summed E-state index contributed by atoms with van der Waals surface area (Å²) in [4.78, 5) is 0. The average Bonchev–Trinajstić information content (AvgIpc) is 2.57. The molecule has 0 aromatic carbocycles. The fourth-order valence-electron chi connectivity index (χ4n) is 3.15. The van der Waals surface area contributed by atoms with Crippen LogP contribution in [0.25, 0.3) is 0 Å². The molecule has 0 aliphatic heterocycles. The van der Waals surface area contributed by atoms with Gasteiger partial charge in [0.15, 0.2) is 0 Å². The molecular formula is C14H26O. The number of fused-ring (bicyclic) bond motifs is 2. The van der Waals surface area contributed by atoms with E-state index in [0.717, 1.165) is 5.92 Å². The Bertz CT molecular complexity index is 240. The standard InChI is InChI=1S/C14H26O/c1-10(13(2,3)4)15-12-9-14(5)7-6-11(12)8-14/h10-12H,6-9H2,1-5H3. The molecule has 0 spiro atoms. The van der Waals surface area contributed by atoms with E-state index in [0.29, 0.717) is 17.6 Å². The van der Waals surface area contributed by atoms with Gasteiger partial charge in [-0.3, -0.25) is 0 Å². The molecule has 0 heterocycles. The summed E-state index contributed by atoms with van der Waals surface area (Å²) in [6, 6.07) is 0. The smallest absolute Gasteiger partial charge is 0.0612 e. The van der Waals surface area contributed by atoms with E-state index in [1.54, 1.807) is 0 Å². The van der Waals surface area contributed by atoms with Crippen LogP contribution in [-0.4, -0.2) is 12.2 Å². The first kappa shape index (κ1) is 11.4. The van der Waals surface area contributed by atoms with Gasteiger partial charge >= 0.3 is 0 Å². The Kier molecular flexibility index (Phi) is 2.65. The van der Waals surface area contributed by atoms with E-state index < -0.39 is 0 Å². The van der Waals surface area contributed by atoms with E-state index >= 15 is 0 Å². The minimum absolute atomic E-state index is 0.280. The third-order valence-corrected chi connectivity index (χ3v) is 4.69. The summed E-state index contributed by atoms with van der Waals surface area (Å²) in [5.74, 6) is 0.861. The van der Waals surface area contributed by atoms with Gasteiger partial charge in [-0.15, -0.1) is 0 Å². The van der Waals surface area contributed by atoms with Crippen LogP contribution in [0, 0.1) is 16.7 Å². The second-order valence-corrected chi connectivity index (χ2v) is 7.20. The highest BCUT2D eigenvalue weighted by atomic mass is 16.5. The van der Waals surface area contributed by atoms with Crippen molar-refractivity contribution in [1.82, 2.24) is 0 Å². The van der Waals surface area contributed by atoms with Gasteiger partial charge in [0, 0.05) is 0 Å².